The Morgan fingerprint density at radius 3 is 2.75 bits per heavy atom. The van der Waals surface area contributed by atoms with E-state index in [1.165, 1.54) is 0 Å². The second-order valence-electron chi connectivity index (χ2n) is 4.67. The molecule has 0 spiro atoms. The van der Waals surface area contributed by atoms with Crippen molar-refractivity contribution in [2.24, 2.45) is 0 Å². The molecule has 0 atom stereocenters. The Balaban J connectivity index is 1.86. The van der Waals surface area contributed by atoms with Crippen LogP contribution in [0, 0.1) is 20.8 Å². The number of aromatic nitrogens is 3. The molecule has 3 aromatic rings. The zero-order valence-electron chi connectivity index (χ0n) is 11.4. The van der Waals surface area contributed by atoms with Crippen molar-refractivity contribution in [2.75, 3.05) is 5.32 Å². The van der Waals surface area contributed by atoms with Crippen LogP contribution in [0.4, 0.5) is 5.69 Å². The van der Waals surface area contributed by atoms with E-state index in [-0.39, 0.29) is 5.91 Å². The van der Waals surface area contributed by atoms with Gasteiger partial charge in [-0.15, -0.1) is 0 Å². The molecule has 102 valence electrons. The minimum absolute atomic E-state index is 0.277. The predicted octanol–water partition coefficient (Wildman–Crippen LogP) is 2.73. The fourth-order valence-electron chi connectivity index (χ4n) is 1.97. The maximum Gasteiger partial charge on any atom is 0.291 e. The fourth-order valence-corrected chi connectivity index (χ4v) is 1.97. The van der Waals surface area contributed by atoms with Crippen LogP contribution < -0.4 is 5.32 Å². The molecule has 6 heteroatoms. The van der Waals surface area contributed by atoms with Crippen molar-refractivity contribution in [1.29, 1.82) is 0 Å². The average molecular weight is 270 g/mol. The highest BCUT2D eigenvalue weighted by Crippen LogP contribution is 2.20. The van der Waals surface area contributed by atoms with Gasteiger partial charge in [-0.1, -0.05) is 0 Å². The Hall–Kier alpha value is -2.63. The third-order valence-electron chi connectivity index (χ3n) is 3.10. The van der Waals surface area contributed by atoms with E-state index in [0.717, 1.165) is 11.4 Å². The smallest absolute Gasteiger partial charge is 0.291 e. The third kappa shape index (κ3) is 2.16. The van der Waals surface area contributed by atoms with Gasteiger partial charge in [0.05, 0.1) is 5.69 Å². The molecule has 0 aliphatic carbocycles. The monoisotopic (exact) mass is 270 g/mol. The molecule has 0 radical (unpaired) electrons. The molecule has 3 rings (SSSR count). The van der Waals surface area contributed by atoms with Gasteiger partial charge in [-0.05, 0) is 32.0 Å². The van der Waals surface area contributed by atoms with E-state index in [9.17, 15) is 4.79 Å². The van der Waals surface area contributed by atoms with Crippen molar-refractivity contribution in [3.05, 3.63) is 41.3 Å². The van der Waals surface area contributed by atoms with Crippen molar-refractivity contribution >= 4 is 22.7 Å². The van der Waals surface area contributed by atoms with Gasteiger partial charge in [0.2, 0.25) is 0 Å². The van der Waals surface area contributed by atoms with Crippen molar-refractivity contribution in [2.45, 2.75) is 20.8 Å². The van der Waals surface area contributed by atoms with E-state index < -0.39 is 0 Å². The summed E-state index contributed by atoms with van der Waals surface area (Å²) in [5, 5.41) is 2.79. The Morgan fingerprint density at radius 2 is 2.05 bits per heavy atom. The molecule has 1 aromatic carbocycles. The Morgan fingerprint density at radius 1 is 1.25 bits per heavy atom. The second kappa shape index (κ2) is 4.48. The van der Waals surface area contributed by atoms with Crippen LogP contribution in [-0.4, -0.2) is 20.9 Å². The lowest BCUT2D eigenvalue weighted by Crippen LogP contribution is -2.13. The molecular formula is C14H14N4O2. The molecule has 0 aliphatic rings. The zero-order valence-corrected chi connectivity index (χ0v) is 11.4. The molecule has 6 nitrogen and oxygen atoms in total. The Bertz CT molecular complexity index is 781. The first-order chi connectivity index (χ1) is 9.52. The first kappa shape index (κ1) is 12.4. The number of fused-ring (bicyclic) bond motifs is 1. The lowest BCUT2D eigenvalue weighted by atomic mass is 10.3. The number of H-pyrrole nitrogens is 1. The van der Waals surface area contributed by atoms with Crippen LogP contribution in [0.1, 0.15) is 27.9 Å². The lowest BCUT2D eigenvalue weighted by Gasteiger charge is -2.02. The molecule has 2 heterocycles. The van der Waals surface area contributed by atoms with Gasteiger partial charge in [0.25, 0.3) is 5.91 Å². The van der Waals surface area contributed by atoms with Crippen LogP contribution in [0.15, 0.2) is 22.6 Å². The molecule has 0 bridgehead atoms. The predicted molar refractivity (Wildman–Crippen MR) is 74.8 cm³/mol. The highest BCUT2D eigenvalue weighted by atomic mass is 16.3. The highest BCUT2D eigenvalue weighted by molar-refractivity contribution is 6.02. The number of benzene rings is 1. The second-order valence-corrected chi connectivity index (χ2v) is 4.67. The fraction of sp³-hybridized carbons (Fsp3) is 0.214. The molecular weight excluding hydrogens is 256 g/mol. The number of amides is 1. The number of hydrogen-bond donors (Lipinski definition) is 2. The van der Waals surface area contributed by atoms with Gasteiger partial charge in [0, 0.05) is 18.3 Å². The van der Waals surface area contributed by atoms with Crippen molar-refractivity contribution in [3.63, 3.8) is 0 Å². The third-order valence-corrected chi connectivity index (χ3v) is 3.10. The van der Waals surface area contributed by atoms with E-state index in [2.05, 4.69) is 20.3 Å². The van der Waals surface area contributed by atoms with Crippen molar-refractivity contribution in [1.82, 2.24) is 15.0 Å². The summed E-state index contributed by atoms with van der Waals surface area (Å²) < 4.78 is 5.39. The van der Waals surface area contributed by atoms with E-state index in [1.54, 1.807) is 25.1 Å². The van der Waals surface area contributed by atoms with Crippen LogP contribution in [0.3, 0.4) is 0 Å². The normalized spacial score (nSPS) is 10.9. The van der Waals surface area contributed by atoms with E-state index >= 15 is 0 Å². The molecule has 0 fully saturated rings. The van der Waals surface area contributed by atoms with Crippen LogP contribution >= 0.6 is 0 Å². The summed E-state index contributed by atoms with van der Waals surface area (Å²) >= 11 is 0. The number of carbonyl (C=O) groups is 1. The topological polar surface area (TPSA) is 83.8 Å². The lowest BCUT2D eigenvalue weighted by molar-refractivity contribution is 0.101. The van der Waals surface area contributed by atoms with Crippen molar-refractivity contribution in [3.8, 4) is 0 Å². The number of aromatic amines is 1. The number of imidazole rings is 1. The molecule has 20 heavy (non-hydrogen) atoms. The van der Waals surface area contributed by atoms with Gasteiger partial charge >= 0.3 is 0 Å². The minimum Gasteiger partial charge on any atom is -0.441 e. The summed E-state index contributed by atoms with van der Waals surface area (Å²) in [5.41, 5.74) is 3.77. The molecule has 0 aliphatic heterocycles. The molecule has 1 amide bonds. The summed E-state index contributed by atoms with van der Waals surface area (Å²) in [6.45, 7) is 5.52. The van der Waals surface area contributed by atoms with E-state index in [1.807, 2.05) is 13.8 Å². The summed E-state index contributed by atoms with van der Waals surface area (Å²) in [7, 11) is 0. The number of carbonyl (C=O) groups excluding carboxylic acids is 1. The van der Waals surface area contributed by atoms with Crippen molar-refractivity contribution < 1.29 is 9.21 Å². The quantitative estimate of drug-likeness (QED) is 0.750. The van der Waals surface area contributed by atoms with Gasteiger partial charge in [-0.25, -0.2) is 9.97 Å². The largest absolute Gasteiger partial charge is 0.441 e. The number of anilines is 1. The Kier molecular flexibility index (Phi) is 2.78. The molecule has 2 N–H and O–H groups in total. The number of hydrogen-bond acceptors (Lipinski definition) is 4. The van der Waals surface area contributed by atoms with Gasteiger partial charge < -0.3 is 14.7 Å². The van der Waals surface area contributed by atoms with Crippen LogP contribution in [-0.2, 0) is 0 Å². The first-order valence-corrected chi connectivity index (χ1v) is 6.24. The highest BCUT2D eigenvalue weighted by Gasteiger charge is 2.12. The Labute approximate surface area is 115 Å². The van der Waals surface area contributed by atoms with Gasteiger partial charge in [-0.3, -0.25) is 4.79 Å². The number of nitrogens with zero attached hydrogens (tertiary/aromatic N) is 2. The summed E-state index contributed by atoms with van der Waals surface area (Å²) in [6.07, 6.45) is 0. The molecule has 2 aromatic heterocycles. The number of oxazole rings is 1. The summed E-state index contributed by atoms with van der Waals surface area (Å²) in [6, 6.07) is 5.32. The maximum absolute atomic E-state index is 12.1. The number of nitrogens with one attached hydrogen (secondary N) is 2. The average Bonchev–Trinajstić information content (AvgIpc) is 2.91. The van der Waals surface area contributed by atoms with Gasteiger partial charge in [0.1, 0.15) is 5.52 Å². The number of rotatable bonds is 2. The van der Waals surface area contributed by atoms with E-state index in [0.29, 0.717) is 28.5 Å². The summed E-state index contributed by atoms with van der Waals surface area (Å²) in [5.74, 6) is 0.623. The molecule has 0 unspecified atom stereocenters. The maximum atomic E-state index is 12.1. The standard InChI is InChI=1S/C14H14N4O2/c1-7-8(2)16-13(15-7)14(19)18-10-4-5-12-11(6-10)17-9(3)20-12/h4-6H,1-3H3,(H,15,16)(H,18,19). The zero-order chi connectivity index (χ0) is 14.3. The molecule has 0 saturated heterocycles. The van der Waals surface area contributed by atoms with Crippen LogP contribution in [0.5, 0.6) is 0 Å². The van der Waals surface area contributed by atoms with E-state index in [4.69, 9.17) is 4.42 Å². The van der Waals surface area contributed by atoms with Crippen LogP contribution in [0.25, 0.3) is 11.1 Å². The summed E-state index contributed by atoms with van der Waals surface area (Å²) in [4.78, 5) is 23.4. The number of aryl methyl sites for hydroxylation is 3. The SMILES string of the molecule is Cc1nc2cc(NC(=O)c3nc(C)c(C)[nH]3)ccc2o1. The van der Waals surface area contributed by atoms with Crippen LogP contribution in [0.2, 0.25) is 0 Å². The first-order valence-electron chi connectivity index (χ1n) is 6.24. The minimum atomic E-state index is -0.277. The van der Waals surface area contributed by atoms with Gasteiger partial charge in [-0.2, -0.15) is 0 Å². The molecule has 0 saturated carbocycles. The van der Waals surface area contributed by atoms with Gasteiger partial charge in [0.15, 0.2) is 17.3 Å².